The van der Waals surface area contributed by atoms with Crippen LogP contribution in [0.1, 0.15) is 38.5 Å². The van der Waals surface area contributed by atoms with Crippen LogP contribution in [0, 0.1) is 0 Å². The summed E-state index contributed by atoms with van der Waals surface area (Å²) in [5, 5.41) is 0. The standard InChI is InChI=1S/C8H15NO/c9-10-8-6-4-2-1-3-5-7-8/h6H,1-5,7,9H2/b8-6+. The second-order valence-electron chi connectivity index (χ2n) is 2.74. The lowest BCUT2D eigenvalue weighted by atomic mass is 10.1. The average Bonchev–Trinajstić information content (AvgIpc) is 1.87. The molecule has 0 aliphatic heterocycles. The van der Waals surface area contributed by atoms with Gasteiger partial charge in [-0.2, -0.15) is 5.90 Å². The van der Waals surface area contributed by atoms with Crippen LogP contribution in [0.4, 0.5) is 0 Å². The molecular formula is C8H15NO. The summed E-state index contributed by atoms with van der Waals surface area (Å²) in [5.74, 6) is 6.03. The van der Waals surface area contributed by atoms with Gasteiger partial charge in [0.2, 0.25) is 0 Å². The van der Waals surface area contributed by atoms with Crippen LogP contribution in [-0.2, 0) is 4.84 Å². The van der Waals surface area contributed by atoms with Crippen LogP contribution < -0.4 is 5.90 Å². The summed E-state index contributed by atoms with van der Waals surface area (Å²) in [6, 6.07) is 0. The molecule has 0 bridgehead atoms. The summed E-state index contributed by atoms with van der Waals surface area (Å²) < 4.78 is 0. The minimum atomic E-state index is 0.972. The third-order valence-electron chi connectivity index (χ3n) is 1.90. The number of nitrogens with two attached hydrogens (primary N) is 1. The summed E-state index contributed by atoms with van der Waals surface area (Å²) >= 11 is 0. The average molecular weight is 141 g/mol. The van der Waals surface area contributed by atoms with Gasteiger partial charge in [-0.05, 0) is 25.3 Å². The fourth-order valence-corrected chi connectivity index (χ4v) is 1.27. The molecule has 0 spiro atoms. The van der Waals surface area contributed by atoms with Gasteiger partial charge in [0.05, 0.1) is 0 Å². The Bertz CT molecular complexity index is 120. The molecule has 0 aromatic carbocycles. The molecular weight excluding hydrogens is 126 g/mol. The molecule has 0 aromatic heterocycles. The third-order valence-corrected chi connectivity index (χ3v) is 1.90. The van der Waals surface area contributed by atoms with Gasteiger partial charge in [0.15, 0.2) is 0 Å². The van der Waals surface area contributed by atoms with E-state index < -0.39 is 0 Å². The van der Waals surface area contributed by atoms with E-state index in [4.69, 9.17) is 5.90 Å². The highest BCUT2D eigenvalue weighted by Gasteiger charge is 2.00. The van der Waals surface area contributed by atoms with E-state index in [0.717, 1.165) is 18.6 Å². The highest BCUT2D eigenvalue weighted by Crippen LogP contribution is 2.16. The molecule has 0 heterocycles. The molecule has 0 aromatic rings. The van der Waals surface area contributed by atoms with E-state index in [-0.39, 0.29) is 0 Å². The first kappa shape index (κ1) is 7.61. The predicted octanol–water partition coefficient (Wildman–Crippen LogP) is 2.11. The highest BCUT2D eigenvalue weighted by molar-refractivity contribution is 4.93. The van der Waals surface area contributed by atoms with Crippen LogP contribution in [-0.4, -0.2) is 0 Å². The van der Waals surface area contributed by atoms with Crippen molar-refractivity contribution in [3.05, 3.63) is 11.8 Å². The Morgan fingerprint density at radius 1 is 1.20 bits per heavy atom. The van der Waals surface area contributed by atoms with Crippen molar-refractivity contribution in [2.75, 3.05) is 0 Å². The monoisotopic (exact) mass is 141 g/mol. The highest BCUT2D eigenvalue weighted by atomic mass is 16.6. The van der Waals surface area contributed by atoms with Crippen LogP contribution in [0.5, 0.6) is 0 Å². The first-order chi connectivity index (χ1) is 4.93. The molecule has 1 aliphatic carbocycles. The second kappa shape index (κ2) is 4.34. The smallest absolute Gasteiger partial charge is 0.119 e. The van der Waals surface area contributed by atoms with Gasteiger partial charge in [0.1, 0.15) is 5.76 Å². The molecule has 0 atom stereocenters. The third kappa shape index (κ3) is 2.40. The molecule has 0 saturated carbocycles. The van der Waals surface area contributed by atoms with Gasteiger partial charge in [-0.3, -0.25) is 0 Å². The van der Waals surface area contributed by atoms with Crippen LogP contribution >= 0.6 is 0 Å². The van der Waals surface area contributed by atoms with Crippen molar-refractivity contribution >= 4 is 0 Å². The normalized spacial score (nSPS) is 25.9. The molecule has 2 heteroatoms. The van der Waals surface area contributed by atoms with Gasteiger partial charge >= 0.3 is 0 Å². The van der Waals surface area contributed by atoms with E-state index in [2.05, 4.69) is 10.9 Å². The maximum atomic E-state index is 5.06. The van der Waals surface area contributed by atoms with Crippen LogP contribution in [0.3, 0.4) is 0 Å². The molecule has 2 N–H and O–H groups in total. The number of allylic oxidation sites excluding steroid dienone is 2. The van der Waals surface area contributed by atoms with Crippen LogP contribution in [0.2, 0.25) is 0 Å². The summed E-state index contributed by atoms with van der Waals surface area (Å²) in [4.78, 5) is 4.69. The quantitative estimate of drug-likeness (QED) is 0.568. The molecule has 1 aliphatic rings. The van der Waals surface area contributed by atoms with Crippen molar-refractivity contribution in [2.24, 2.45) is 5.90 Å². The Hall–Kier alpha value is -0.500. The zero-order valence-electron chi connectivity index (χ0n) is 6.31. The number of hydrogen-bond acceptors (Lipinski definition) is 2. The predicted molar refractivity (Wildman–Crippen MR) is 41.1 cm³/mol. The van der Waals surface area contributed by atoms with E-state index in [9.17, 15) is 0 Å². The molecule has 58 valence electrons. The largest absolute Gasteiger partial charge is 0.416 e. The molecule has 0 amide bonds. The molecule has 0 fully saturated rings. The van der Waals surface area contributed by atoms with Crippen molar-refractivity contribution in [3.8, 4) is 0 Å². The van der Waals surface area contributed by atoms with Gasteiger partial charge in [0, 0.05) is 6.42 Å². The first-order valence-electron chi connectivity index (χ1n) is 3.99. The minimum absolute atomic E-state index is 0.972. The van der Waals surface area contributed by atoms with Crippen molar-refractivity contribution in [2.45, 2.75) is 38.5 Å². The Labute approximate surface area is 62.0 Å². The first-order valence-corrected chi connectivity index (χ1v) is 3.99. The Balaban J connectivity index is 2.35. The molecule has 0 unspecified atom stereocenters. The summed E-state index contributed by atoms with van der Waals surface area (Å²) in [6.07, 6.45) is 9.45. The van der Waals surface area contributed by atoms with Crippen molar-refractivity contribution in [1.82, 2.24) is 0 Å². The molecule has 0 saturated heterocycles. The fourth-order valence-electron chi connectivity index (χ4n) is 1.27. The summed E-state index contributed by atoms with van der Waals surface area (Å²) in [7, 11) is 0. The molecule has 10 heavy (non-hydrogen) atoms. The van der Waals surface area contributed by atoms with Crippen LogP contribution in [0.25, 0.3) is 0 Å². The fraction of sp³-hybridized carbons (Fsp3) is 0.750. The Morgan fingerprint density at radius 2 is 2.00 bits per heavy atom. The van der Waals surface area contributed by atoms with Crippen LogP contribution in [0.15, 0.2) is 11.8 Å². The molecule has 1 rings (SSSR count). The zero-order valence-corrected chi connectivity index (χ0v) is 6.31. The lowest BCUT2D eigenvalue weighted by Crippen LogP contribution is -2.00. The Morgan fingerprint density at radius 3 is 2.80 bits per heavy atom. The maximum absolute atomic E-state index is 5.06. The van der Waals surface area contributed by atoms with Gasteiger partial charge < -0.3 is 4.84 Å². The zero-order chi connectivity index (χ0) is 7.23. The van der Waals surface area contributed by atoms with E-state index in [1.54, 1.807) is 0 Å². The van der Waals surface area contributed by atoms with Crippen molar-refractivity contribution in [1.29, 1.82) is 0 Å². The maximum Gasteiger partial charge on any atom is 0.119 e. The SMILES string of the molecule is NO/C1=C/CCCCCC1. The topological polar surface area (TPSA) is 35.2 Å². The van der Waals surface area contributed by atoms with Gasteiger partial charge in [-0.15, -0.1) is 0 Å². The molecule has 2 nitrogen and oxygen atoms in total. The number of hydrogen-bond donors (Lipinski definition) is 1. The molecule has 0 radical (unpaired) electrons. The van der Waals surface area contributed by atoms with E-state index in [1.165, 1.54) is 25.7 Å². The number of rotatable bonds is 1. The Kier molecular flexibility index (Phi) is 3.30. The van der Waals surface area contributed by atoms with E-state index in [0.29, 0.717) is 0 Å². The van der Waals surface area contributed by atoms with Gasteiger partial charge in [-0.25, -0.2) is 0 Å². The van der Waals surface area contributed by atoms with E-state index in [1.807, 2.05) is 0 Å². The summed E-state index contributed by atoms with van der Waals surface area (Å²) in [6.45, 7) is 0. The lowest BCUT2D eigenvalue weighted by Gasteiger charge is -2.08. The van der Waals surface area contributed by atoms with Gasteiger partial charge in [0.25, 0.3) is 0 Å². The van der Waals surface area contributed by atoms with Crippen molar-refractivity contribution < 1.29 is 4.84 Å². The van der Waals surface area contributed by atoms with Gasteiger partial charge in [-0.1, -0.05) is 12.8 Å². The van der Waals surface area contributed by atoms with Crippen molar-refractivity contribution in [3.63, 3.8) is 0 Å². The summed E-state index contributed by atoms with van der Waals surface area (Å²) in [5.41, 5.74) is 0. The van der Waals surface area contributed by atoms with E-state index >= 15 is 0 Å². The second-order valence-corrected chi connectivity index (χ2v) is 2.74. The minimum Gasteiger partial charge on any atom is -0.416 e. The lowest BCUT2D eigenvalue weighted by molar-refractivity contribution is 0.204.